The van der Waals surface area contributed by atoms with E-state index in [1.54, 1.807) is 12.1 Å². The molecule has 1 saturated heterocycles. The largest absolute Gasteiger partial charge is 0.300 e. The van der Waals surface area contributed by atoms with Gasteiger partial charge in [-0.2, -0.15) is 0 Å². The molecule has 0 radical (unpaired) electrons. The van der Waals surface area contributed by atoms with Crippen molar-refractivity contribution in [3.8, 4) is 0 Å². The molecule has 0 spiro atoms. The summed E-state index contributed by atoms with van der Waals surface area (Å²) in [6, 6.07) is 14.0. The number of likely N-dealkylation sites (tertiary alicyclic amines) is 1. The number of fused-ring (bicyclic) bond motifs is 2. The Morgan fingerprint density at radius 2 is 1.83 bits per heavy atom. The quantitative estimate of drug-likeness (QED) is 0.691. The summed E-state index contributed by atoms with van der Waals surface area (Å²) in [5.74, 6) is 1.07. The molecule has 2 aromatic carbocycles. The third kappa shape index (κ3) is 4.42. The molecule has 4 nitrogen and oxygen atoms in total. The Bertz CT molecular complexity index is 981. The Balaban J connectivity index is 1.52. The molecule has 162 valence electrons. The van der Waals surface area contributed by atoms with Crippen LogP contribution in [0.2, 0.25) is 0 Å². The highest BCUT2D eigenvalue weighted by atomic mass is 32.2. The van der Waals surface area contributed by atoms with E-state index < -0.39 is 10.0 Å². The standard InChI is InChI=1S/C25H34N2O2S/c1-4-13-27-14-5-6-21-15-22-16-23(10-7-20(22)17-25(21)27)26-30(28,29)24-11-8-19(9-12-24)18(2)3/h7-12,16,18,21,25-26H,4-6,13-15,17H2,1-3H3. The Morgan fingerprint density at radius 3 is 2.53 bits per heavy atom. The van der Waals surface area contributed by atoms with E-state index in [4.69, 9.17) is 0 Å². The molecule has 1 fully saturated rings. The van der Waals surface area contributed by atoms with Crippen molar-refractivity contribution in [2.75, 3.05) is 17.8 Å². The predicted octanol–water partition coefficient (Wildman–Crippen LogP) is 5.20. The van der Waals surface area contributed by atoms with E-state index in [1.165, 1.54) is 43.5 Å². The fourth-order valence-corrected chi connectivity index (χ4v) is 6.19. The van der Waals surface area contributed by atoms with E-state index in [-0.39, 0.29) is 0 Å². The Hall–Kier alpha value is -1.85. The van der Waals surface area contributed by atoms with Crippen molar-refractivity contribution in [2.45, 2.75) is 69.7 Å². The van der Waals surface area contributed by atoms with E-state index >= 15 is 0 Å². The van der Waals surface area contributed by atoms with Crippen molar-refractivity contribution in [3.05, 3.63) is 59.2 Å². The van der Waals surface area contributed by atoms with Crippen LogP contribution in [-0.2, 0) is 22.9 Å². The van der Waals surface area contributed by atoms with Crippen molar-refractivity contribution < 1.29 is 8.42 Å². The highest BCUT2D eigenvalue weighted by Crippen LogP contribution is 2.36. The number of rotatable bonds is 6. The zero-order valence-corrected chi connectivity index (χ0v) is 19.2. The number of nitrogens with zero attached hydrogens (tertiary/aromatic N) is 1. The van der Waals surface area contributed by atoms with Gasteiger partial charge in [-0.05, 0) is 98.0 Å². The van der Waals surface area contributed by atoms with Crippen LogP contribution in [0, 0.1) is 5.92 Å². The summed E-state index contributed by atoms with van der Waals surface area (Å²) in [7, 11) is -3.58. The second-order valence-corrected chi connectivity index (χ2v) is 10.9. The zero-order valence-electron chi connectivity index (χ0n) is 18.4. The molecular weight excluding hydrogens is 392 g/mol. The van der Waals surface area contributed by atoms with E-state index in [1.807, 2.05) is 18.2 Å². The molecule has 1 N–H and O–H groups in total. The summed E-state index contributed by atoms with van der Waals surface area (Å²) in [5.41, 5.74) is 4.50. The smallest absolute Gasteiger partial charge is 0.261 e. The molecule has 0 aromatic heterocycles. The van der Waals surface area contributed by atoms with Gasteiger partial charge in [0, 0.05) is 11.7 Å². The average molecular weight is 427 g/mol. The lowest BCUT2D eigenvalue weighted by Crippen LogP contribution is -2.49. The van der Waals surface area contributed by atoms with Gasteiger partial charge in [-0.15, -0.1) is 0 Å². The Labute approximate surface area is 181 Å². The lowest BCUT2D eigenvalue weighted by molar-refractivity contribution is 0.0855. The first-order valence-electron chi connectivity index (χ1n) is 11.4. The number of nitrogens with one attached hydrogen (secondary N) is 1. The summed E-state index contributed by atoms with van der Waals surface area (Å²) in [6.45, 7) is 8.87. The molecule has 30 heavy (non-hydrogen) atoms. The van der Waals surface area contributed by atoms with Crippen LogP contribution < -0.4 is 4.72 Å². The summed E-state index contributed by atoms with van der Waals surface area (Å²) in [5, 5.41) is 0. The van der Waals surface area contributed by atoms with Gasteiger partial charge in [0.15, 0.2) is 0 Å². The normalized spacial score (nSPS) is 21.9. The third-order valence-corrected chi connectivity index (χ3v) is 8.17. The monoisotopic (exact) mass is 426 g/mol. The Kier molecular flexibility index (Phi) is 6.21. The number of hydrogen-bond acceptors (Lipinski definition) is 3. The number of benzene rings is 2. The van der Waals surface area contributed by atoms with Crippen molar-refractivity contribution >= 4 is 15.7 Å². The summed E-state index contributed by atoms with van der Waals surface area (Å²) in [4.78, 5) is 2.99. The second-order valence-electron chi connectivity index (χ2n) is 9.23. The van der Waals surface area contributed by atoms with E-state index in [0.717, 1.165) is 18.4 Å². The van der Waals surface area contributed by atoms with Gasteiger partial charge in [0.05, 0.1) is 4.90 Å². The molecule has 1 aliphatic heterocycles. The van der Waals surface area contributed by atoms with Gasteiger partial charge in [0.2, 0.25) is 0 Å². The van der Waals surface area contributed by atoms with Crippen LogP contribution in [0.1, 0.15) is 62.6 Å². The summed E-state index contributed by atoms with van der Waals surface area (Å²) < 4.78 is 28.5. The van der Waals surface area contributed by atoms with E-state index in [2.05, 4.69) is 42.5 Å². The number of hydrogen-bond donors (Lipinski definition) is 1. The first-order chi connectivity index (χ1) is 14.4. The van der Waals surface area contributed by atoms with Crippen LogP contribution in [0.5, 0.6) is 0 Å². The van der Waals surface area contributed by atoms with E-state index in [9.17, 15) is 8.42 Å². The van der Waals surface area contributed by atoms with Crippen molar-refractivity contribution in [1.29, 1.82) is 0 Å². The lowest BCUT2D eigenvalue weighted by atomic mass is 9.75. The van der Waals surface area contributed by atoms with Gasteiger partial charge >= 0.3 is 0 Å². The highest BCUT2D eigenvalue weighted by molar-refractivity contribution is 7.92. The molecule has 2 aromatic rings. The molecule has 2 unspecified atom stereocenters. The first-order valence-corrected chi connectivity index (χ1v) is 12.8. The van der Waals surface area contributed by atoms with Crippen molar-refractivity contribution in [1.82, 2.24) is 4.90 Å². The maximum Gasteiger partial charge on any atom is 0.261 e. The third-order valence-electron chi connectivity index (χ3n) is 6.77. The minimum absolute atomic E-state index is 0.312. The van der Waals surface area contributed by atoms with Gasteiger partial charge in [0.1, 0.15) is 0 Å². The van der Waals surface area contributed by atoms with Crippen LogP contribution in [0.15, 0.2) is 47.4 Å². The van der Waals surface area contributed by atoms with Crippen LogP contribution in [-0.4, -0.2) is 32.4 Å². The van der Waals surface area contributed by atoms with E-state index in [0.29, 0.717) is 28.5 Å². The van der Waals surface area contributed by atoms with Crippen LogP contribution in [0.3, 0.4) is 0 Å². The van der Waals surface area contributed by atoms with Crippen molar-refractivity contribution in [3.63, 3.8) is 0 Å². The van der Waals surface area contributed by atoms with Gasteiger partial charge in [-0.1, -0.05) is 39.0 Å². The molecule has 1 aliphatic carbocycles. The van der Waals surface area contributed by atoms with Crippen LogP contribution in [0.25, 0.3) is 0 Å². The van der Waals surface area contributed by atoms with Crippen LogP contribution >= 0.6 is 0 Å². The predicted molar refractivity (Wildman–Crippen MR) is 124 cm³/mol. The first kappa shape index (κ1) is 21.4. The van der Waals surface area contributed by atoms with Gasteiger partial charge in [-0.3, -0.25) is 9.62 Å². The number of anilines is 1. The summed E-state index contributed by atoms with van der Waals surface area (Å²) >= 11 is 0. The second kappa shape index (κ2) is 8.72. The maximum atomic E-state index is 12.9. The molecule has 1 heterocycles. The van der Waals surface area contributed by atoms with Gasteiger partial charge < -0.3 is 0 Å². The molecule has 0 saturated carbocycles. The summed E-state index contributed by atoms with van der Waals surface area (Å²) in [6.07, 6.45) is 5.90. The fraction of sp³-hybridized carbons (Fsp3) is 0.520. The molecule has 0 amide bonds. The minimum atomic E-state index is -3.58. The zero-order chi connectivity index (χ0) is 21.3. The molecular formula is C25H34N2O2S. The average Bonchev–Trinajstić information content (AvgIpc) is 2.72. The maximum absolute atomic E-state index is 12.9. The van der Waals surface area contributed by atoms with Crippen LogP contribution in [0.4, 0.5) is 5.69 Å². The number of sulfonamides is 1. The molecule has 2 atom stereocenters. The van der Waals surface area contributed by atoms with Gasteiger partial charge in [0.25, 0.3) is 10.0 Å². The van der Waals surface area contributed by atoms with Crippen molar-refractivity contribution in [2.24, 2.45) is 5.92 Å². The molecule has 5 heteroatoms. The SMILES string of the molecule is CCCN1CCCC2Cc3cc(NS(=O)(=O)c4ccc(C(C)C)cc4)ccc3CC21. The Morgan fingerprint density at radius 1 is 1.07 bits per heavy atom. The fourth-order valence-electron chi connectivity index (χ4n) is 5.14. The highest BCUT2D eigenvalue weighted by Gasteiger charge is 2.35. The molecule has 0 bridgehead atoms. The van der Waals surface area contributed by atoms with Gasteiger partial charge in [-0.25, -0.2) is 8.42 Å². The number of piperidine rings is 1. The minimum Gasteiger partial charge on any atom is -0.300 e. The molecule has 2 aliphatic rings. The molecule has 4 rings (SSSR count). The lowest BCUT2D eigenvalue weighted by Gasteiger charge is -2.44. The topological polar surface area (TPSA) is 49.4 Å².